The van der Waals surface area contributed by atoms with Gasteiger partial charge >= 0.3 is 0 Å². The maximum absolute atomic E-state index is 12.9. The molecule has 22 heavy (non-hydrogen) atoms. The third-order valence-corrected chi connectivity index (χ3v) is 5.25. The van der Waals surface area contributed by atoms with Crippen molar-refractivity contribution in [2.45, 2.75) is 56.9 Å². The molecule has 1 saturated heterocycles. The zero-order chi connectivity index (χ0) is 15.4. The smallest absolute Gasteiger partial charge is 0.240 e. The molecule has 0 aromatic carbocycles. The van der Waals surface area contributed by atoms with Gasteiger partial charge in [0.25, 0.3) is 0 Å². The fourth-order valence-corrected chi connectivity index (χ4v) is 3.95. The molecule has 1 aliphatic carbocycles. The Bertz CT molecular complexity index is 500. The summed E-state index contributed by atoms with van der Waals surface area (Å²) in [5.41, 5.74) is -0.241. The van der Waals surface area contributed by atoms with Gasteiger partial charge in [0.15, 0.2) is 0 Å². The van der Waals surface area contributed by atoms with E-state index >= 15 is 0 Å². The second-order valence-corrected chi connectivity index (χ2v) is 6.65. The van der Waals surface area contributed by atoms with Crippen LogP contribution < -0.4 is 5.32 Å². The van der Waals surface area contributed by atoms with Gasteiger partial charge in [-0.15, -0.1) is 10.2 Å². The molecular formula is C16H27N5O. The van der Waals surface area contributed by atoms with Crippen molar-refractivity contribution >= 4 is 5.91 Å². The van der Waals surface area contributed by atoms with E-state index in [4.69, 9.17) is 0 Å². The number of hydrogen-bond donors (Lipinski definition) is 1. The summed E-state index contributed by atoms with van der Waals surface area (Å²) in [4.78, 5) is 15.4. The second kappa shape index (κ2) is 6.77. The minimum absolute atomic E-state index is 0.233. The van der Waals surface area contributed by atoms with Crippen molar-refractivity contribution in [2.24, 2.45) is 7.05 Å². The number of carbonyl (C=O) groups excluding carboxylic acids is 1. The molecule has 1 N–H and O–H groups in total. The van der Waals surface area contributed by atoms with Gasteiger partial charge in [0, 0.05) is 20.0 Å². The normalized spacial score (nSPS) is 21.9. The first-order valence-corrected chi connectivity index (χ1v) is 8.59. The Morgan fingerprint density at radius 3 is 2.59 bits per heavy atom. The lowest BCUT2D eigenvalue weighted by atomic mass is 9.79. The van der Waals surface area contributed by atoms with Crippen LogP contribution in [-0.2, 0) is 18.3 Å². The molecule has 122 valence electrons. The Morgan fingerprint density at radius 2 is 1.95 bits per heavy atom. The molecule has 0 unspecified atom stereocenters. The van der Waals surface area contributed by atoms with Crippen LogP contribution in [0.3, 0.4) is 0 Å². The van der Waals surface area contributed by atoms with E-state index in [0.29, 0.717) is 6.54 Å². The minimum atomic E-state index is -0.241. The van der Waals surface area contributed by atoms with Crippen LogP contribution >= 0.6 is 0 Å². The molecule has 0 bridgehead atoms. The number of aromatic nitrogens is 3. The number of carbonyl (C=O) groups is 1. The Labute approximate surface area is 132 Å². The van der Waals surface area contributed by atoms with Crippen molar-refractivity contribution in [1.82, 2.24) is 25.0 Å². The van der Waals surface area contributed by atoms with E-state index < -0.39 is 0 Å². The van der Waals surface area contributed by atoms with Crippen molar-refractivity contribution in [2.75, 3.05) is 19.6 Å². The molecule has 3 rings (SSSR count). The molecule has 1 aromatic rings. The summed E-state index contributed by atoms with van der Waals surface area (Å²) in [6, 6.07) is 0. The van der Waals surface area contributed by atoms with Crippen LogP contribution in [0, 0.1) is 0 Å². The first-order valence-electron chi connectivity index (χ1n) is 8.59. The molecule has 0 atom stereocenters. The van der Waals surface area contributed by atoms with Crippen molar-refractivity contribution in [3.8, 4) is 0 Å². The van der Waals surface area contributed by atoms with Gasteiger partial charge in [-0.25, -0.2) is 0 Å². The minimum Gasteiger partial charge on any atom is -0.354 e. The predicted molar refractivity (Wildman–Crippen MR) is 84.3 cm³/mol. The van der Waals surface area contributed by atoms with E-state index in [1.807, 2.05) is 11.6 Å². The van der Waals surface area contributed by atoms with E-state index in [-0.39, 0.29) is 11.4 Å². The number of rotatable bonds is 5. The Balaban J connectivity index is 1.61. The fourth-order valence-electron chi connectivity index (χ4n) is 3.95. The molecule has 1 aromatic heterocycles. The van der Waals surface area contributed by atoms with Crippen LogP contribution in [0.1, 0.15) is 50.8 Å². The highest BCUT2D eigenvalue weighted by Gasteiger charge is 2.45. The molecule has 0 spiro atoms. The number of amides is 1. The Morgan fingerprint density at radius 1 is 1.23 bits per heavy atom. The summed E-state index contributed by atoms with van der Waals surface area (Å²) in [5.74, 6) is 1.15. The molecule has 0 radical (unpaired) electrons. The number of hydrogen-bond acceptors (Lipinski definition) is 4. The van der Waals surface area contributed by atoms with Crippen molar-refractivity contribution < 1.29 is 4.79 Å². The lowest BCUT2D eigenvalue weighted by Gasteiger charge is -2.43. The molecule has 2 heterocycles. The third kappa shape index (κ3) is 3.02. The van der Waals surface area contributed by atoms with E-state index in [2.05, 4.69) is 20.4 Å². The topological polar surface area (TPSA) is 63.1 Å². The van der Waals surface area contributed by atoms with Crippen LogP contribution in [0.25, 0.3) is 0 Å². The van der Waals surface area contributed by atoms with Crippen molar-refractivity contribution in [3.63, 3.8) is 0 Å². The highest BCUT2D eigenvalue weighted by Crippen LogP contribution is 2.36. The molecule has 1 amide bonds. The number of nitrogens with one attached hydrogen (secondary N) is 1. The van der Waals surface area contributed by atoms with Gasteiger partial charge in [-0.2, -0.15) is 0 Å². The highest BCUT2D eigenvalue weighted by atomic mass is 16.2. The van der Waals surface area contributed by atoms with E-state index in [1.54, 1.807) is 6.33 Å². The number of aryl methyl sites for hydroxylation is 1. The summed E-state index contributed by atoms with van der Waals surface area (Å²) < 4.78 is 1.91. The van der Waals surface area contributed by atoms with Crippen LogP contribution in [-0.4, -0.2) is 50.7 Å². The zero-order valence-electron chi connectivity index (χ0n) is 13.6. The van der Waals surface area contributed by atoms with Crippen LogP contribution in [0.2, 0.25) is 0 Å². The summed E-state index contributed by atoms with van der Waals surface area (Å²) in [7, 11) is 1.93. The quantitative estimate of drug-likeness (QED) is 0.890. The van der Waals surface area contributed by atoms with Crippen LogP contribution in [0.15, 0.2) is 6.33 Å². The van der Waals surface area contributed by atoms with Crippen LogP contribution in [0.5, 0.6) is 0 Å². The van der Waals surface area contributed by atoms with Gasteiger partial charge in [0.1, 0.15) is 17.7 Å². The standard InChI is InChI=1S/C16H27N5O/c1-20-13-18-19-14(20)7-10-17-15(22)16(8-3-2-4-9-16)21-11-5-6-12-21/h13H,2-12H2,1H3,(H,17,22). The van der Waals surface area contributed by atoms with E-state index in [9.17, 15) is 4.79 Å². The van der Waals surface area contributed by atoms with E-state index in [1.165, 1.54) is 32.1 Å². The van der Waals surface area contributed by atoms with Gasteiger partial charge < -0.3 is 9.88 Å². The average Bonchev–Trinajstić information content (AvgIpc) is 3.20. The van der Waals surface area contributed by atoms with Gasteiger partial charge in [0.05, 0.1) is 0 Å². The molecular weight excluding hydrogens is 278 g/mol. The first kappa shape index (κ1) is 15.5. The number of likely N-dealkylation sites (tertiary alicyclic amines) is 1. The Hall–Kier alpha value is -1.43. The van der Waals surface area contributed by atoms with Gasteiger partial charge in [0.2, 0.25) is 5.91 Å². The summed E-state index contributed by atoms with van der Waals surface area (Å²) in [6.45, 7) is 2.80. The van der Waals surface area contributed by atoms with Crippen molar-refractivity contribution in [3.05, 3.63) is 12.2 Å². The fraction of sp³-hybridized carbons (Fsp3) is 0.812. The van der Waals surface area contributed by atoms with E-state index in [0.717, 1.165) is 38.2 Å². The SMILES string of the molecule is Cn1cnnc1CCNC(=O)C1(N2CCCC2)CCCCC1. The molecule has 2 fully saturated rings. The van der Waals surface area contributed by atoms with Gasteiger partial charge in [-0.05, 0) is 38.8 Å². The molecule has 1 aliphatic heterocycles. The maximum Gasteiger partial charge on any atom is 0.240 e. The second-order valence-electron chi connectivity index (χ2n) is 6.65. The monoisotopic (exact) mass is 305 g/mol. The molecule has 6 heteroatoms. The lowest BCUT2D eigenvalue weighted by molar-refractivity contribution is -0.135. The van der Waals surface area contributed by atoms with Gasteiger partial charge in [-0.3, -0.25) is 9.69 Å². The Kier molecular flexibility index (Phi) is 4.76. The predicted octanol–water partition coefficient (Wildman–Crippen LogP) is 1.27. The summed E-state index contributed by atoms with van der Waals surface area (Å²) >= 11 is 0. The largest absolute Gasteiger partial charge is 0.354 e. The summed E-state index contributed by atoms with van der Waals surface area (Å²) in [5, 5.41) is 11.1. The maximum atomic E-state index is 12.9. The molecule has 2 aliphatic rings. The third-order valence-electron chi connectivity index (χ3n) is 5.25. The zero-order valence-corrected chi connectivity index (χ0v) is 13.6. The van der Waals surface area contributed by atoms with Crippen LogP contribution in [0.4, 0.5) is 0 Å². The first-order chi connectivity index (χ1) is 10.7. The lowest BCUT2D eigenvalue weighted by Crippen LogP contribution is -2.59. The van der Waals surface area contributed by atoms with Crippen molar-refractivity contribution in [1.29, 1.82) is 0 Å². The van der Waals surface area contributed by atoms with Gasteiger partial charge in [-0.1, -0.05) is 19.3 Å². The average molecular weight is 305 g/mol. The molecule has 1 saturated carbocycles. The summed E-state index contributed by atoms with van der Waals surface area (Å²) in [6.07, 6.45) is 10.5. The number of nitrogens with zero attached hydrogens (tertiary/aromatic N) is 4. The molecule has 6 nitrogen and oxygen atoms in total. The highest BCUT2D eigenvalue weighted by molar-refractivity contribution is 5.86.